The number of hydrogen-bond acceptors (Lipinski definition) is 3. The van der Waals surface area contributed by atoms with E-state index in [0.717, 1.165) is 11.5 Å². The van der Waals surface area contributed by atoms with Gasteiger partial charge in [-0.05, 0) is 31.6 Å². The van der Waals surface area contributed by atoms with Crippen molar-refractivity contribution in [1.29, 1.82) is 0 Å². The molecule has 1 aliphatic heterocycles. The van der Waals surface area contributed by atoms with Crippen LogP contribution in [0.3, 0.4) is 0 Å². The summed E-state index contributed by atoms with van der Waals surface area (Å²) in [6, 6.07) is 3.68. The smallest absolute Gasteiger partial charge is 0.313 e. The Morgan fingerprint density at radius 2 is 1.94 bits per heavy atom. The summed E-state index contributed by atoms with van der Waals surface area (Å²) in [4.78, 5) is 11.0. The number of aliphatic carboxylic acids is 1. The third kappa shape index (κ3) is 1.64. The van der Waals surface area contributed by atoms with Crippen LogP contribution in [0.25, 0.3) is 5.57 Å². The highest BCUT2D eigenvalue weighted by molar-refractivity contribution is 7.95. The molecule has 0 fully saturated rings. The fourth-order valence-corrected chi connectivity index (χ4v) is 3.47. The molecule has 1 heterocycles. The van der Waals surface area contributed by atoms with Gasteiger partial charge >= 0.3 is 5.97 Å². The average molecular weight is 270 g/mol. The molecule has 0 radical (unpaired) electrons. The van der Waals surface area contributed by atoms with Crippen LogP contribution in [0.1, 0.15) is 19.4 Å². The first kappa shape index (κ1) is 12.8. The van der Waals surface area contributed by atoms with Crippen molar-refractivity contribution in [2.45, 2.75) is 18.7 Å². The van der Waals surface area contributed by atoms with Gasteiger partial charge in [0, 0.05) is 11.0 Å². The summed E-state index contributed by atoms with van der Waals surface area (Å²) in [6.07, 6.45) is 0. The molecule has 0 aromatic heterocycles. The van der Waals surface area contributed by atoms with Crippen molar-refractivity contribution >= 4 is 21.4 Å². The van der Waals surface area contributed by atoms with Gasteiger partial charge in [-0.2, -0.15) is 0 Å². The minimum absolute atomic E-state index is 0.0249. The first-order valence-corrected chi connectivity index (χ1v) is 6.72. The number of carboxylic acids is 1. The number of rotatable bonds is 2. The van der Waals surface area contributed by atoms with E-state index in [9.17, 15) is 17.6 Å². The van der Waals surface area contributed by atoms with E-state index < -0.39 is 27.0 Å². The third-order valence-electron chi connectivity index (χ3n) is 3.03. The highest BCUT2D eigenvalue weighted by Gasteiger charge is 2.41. The average Bonchev–Trinajstić information content (AvgIpc) is 2.53. The molecule has 96 valence electrons. The van der Waals surface area contributed by atoms with Gasteiger partial charge in [0.25, 0.3) is 0 Å². The number of hydrogen-bond donors (Lipinski definition) is 1. The number of halogens is 1. The fourth-order valence-electron chi connectivity index (χ4n) is 1.86. The molecule has 1 aliphatic rings. The first-order chi connectivity index (χ1) is 8.18. The van der Waals surface area contributed by atoms with Crippen LogP contribution in [0, 0.1) is 11.2 Å². The maximum Gasteiger partial charge on any atom is 0.313 e. The minimum Gasteiger partial charge on any atom is -0.481 e. The van der Waals surface area contributed by atoms with Gasteiger partial charge in [-0.3, -0.25) is 4.79 Å². The largest absolute Gasteiger partial charge is 0.481 e. The molecule has 1 aromatic rings. The summed E-state index contributed by atoms with van der Waals surface area (Å²) >= 11 is 0. The molecule has 0 aliphatic carbocycles. The zero-order chi connectivity index (χ0) is 13.7. The van der Waals surface area contributed by atoms with Crippen LogP contribution in [0.2, 0.25) is 0 Å². The van der Waals surface area contributed by atoms with Crippen molar-refractivity contribution in [3.8, 4) is 0 Å². The van der Waals surface area contributed by atoms with Gasteiger partial charge in [-0.25, -0.2) is 12.8 Å². The van der Waals surface area contributed by atoms with E-state index in [-0.39, 0.29) is 16.0 Å². The zero-order valence-electron chi connectivity index (χ0n) is 9.77. The summed E-state index contributed by atoms with van der Waals surface area (Å²) in [7, 11) is -3.76. The van der Waals surface area contributed by atoms with Crippen LogP contribution in [0.4, 0.5) is 4.39 Å². The molecule has 1 N–H and O–H groups in total. The standard InChI is InChI=1S/C12H11FO4S/c1-12(2,11(14)15)7-6-18(16,17)9-5-3-4-8(13)10(7)9/h3-6H,1-2H3,(H,14,15). The lowest BCUT2D eigenvalue weighted by atomic mass is 9.81. The van der Waals surface area contributed by atoms with E-state index in [4.69, 9.17) is 5.11 Å². The van der Waals surface area contributed by atoms with Crippen LogP contribution >= 0.6 is 0 Å². The molecule has 0 spiro atoms. The van der Waals surface area contributed by atoms with E-state index >= 15 is 0 Å². The van der Waals surface area contributed by atoms with E-state index in [0.29, 0.717) is 0 Å². The van der Waals surface area contributed by atoms with E-state index in [1.165, 1.54) is 26.0 Å². The minimum atomic E-state index is -3.76. The summed E-state index contributed by atoms with van der Waals surface area (Å²) in [5, 5.41) is 9.97. The quantitative estimate of drug-likeness (QED) is 0.893. The maximum absolute atomic E-state index is 13.8. The number of carbonyl (C=O) groups is 1. The monoisotopic (exact) mass is 270 g/mol. The van der Waals surface area contributed by atoms with Gasteiger partial charge in [-0.15, -0.1) is 0 Å². The molecule has 18 heavy (non-hydrogen) atoms. The van der Waals surface area contributed by atoms with E-state index in [1.54, 1.807) is 0 Å². The van der Waals surface area contributed by atoms with Crippen molar-refractivity contribution < 1.29 is 22.7 Å². The van der Waals surface area contributed by atoms with E-state index in [2.05, 4.69) is 0 Å². The molecular formula is C12H11FO4S. The molecule has 0 bridgehead atoms. The molecule has 2 rings (SSSR count). The van der Waals surface area contributed by atoms with Gasteiger partial charge in [-0.1, -0.05) is 6.07 Å². The lowest BCUT2D eigenvalue weighted by Crippen LogP contribution is -2.25. The summed E-state index contributed by atoms with van der Waals surface area (Å²) < 4.78 is 37.5. The molecule has 0 unspecified atom stereocenters. The van der Waals surface area contributed by atoms with Crippen molar-refractivity contribution in [1.82, 2.24) is 0 Å². The van der Waals surface area contributed by atoms with Crippen molar-refractivity contribution in [3.63, 3.8) is 0 Å². The second-order valence-electron chi connectivity index (χ2n) is 4.62. The van der Waals surface area contributed by atoms with Crippen LogP contribution < -0.4 is 0 Å². The molecule has 1 aromatic carbocycles. The Morgan fingerprint density at radius 3 is 2.50 bits per heavy atom. The Balaban J connectivity index is 2.80. The molecule has 0 atom stereocenters. The molecule has 0 saturated heterocycles. The Labute approximate surface area is 104 Å². The SMILES string of the molecule is CC(C)(C(=O)O)C1=CS(=O)(=O)c2cccc(F)c21. The number of carboxylic acid groups (broad SMARTS) is 1. The molecule has 4 nitrogen and oxygen atoms in total. The third-order valence-corrected chi connectivity index (χ3v) is 4.53. The number of benzene rings is 1. The highest BCUT2D eigenvalue weighted by Crippen LogP contribution is 2.44. The normalized spacial score (nSPS) is 17.2. The van der Waals surface area contributed by atoms with Crippen LogP contribution in [-0.2, 0) is 14.6 Å². The van der Waals surface area contributed by atoms with Crippen LogP contribution in [0.15, 0.2) is 28.5 Å². The van der Waals surface area contributed by atoms with Gasteiger partial charge in [0.15, 0.2) is 0 Å². The summed E-state index contributed by atoms with van der Waals surface area (Å²) in [5.41, 5.74) is -1.63. The molecule has 0 saturated carbocycles. The topological polar surface area (TPSA) is 71.4 Å². The lowest BCUT2D eigenvalue weighted by Gasteiger charge is -2.21. The van der Waals surface area contributed by atoms with Crippen LogP contribution in [0.5, 0.6) is 0 Å². The van der Waals surface area contributed by atoms with Crippen molar-refractivity contribution in [2.75, 3.05) is 0 Å². The Morgan fingerprint density at radius 1 is 1.33 bits per heavy atom. The Bertz CT molecular complexity index is 671. The molecule has 0 amide bonds. The second kappa shape index (κ2) is 3.65. The Kier molecular flexibility index (Phi) is 2.59. The zero-order valence-corrected chi connectivity index (χ0v) is 10.6. The summed E-state index contributed by atoms with van der Waals surface area (Å²) in [5.74, 6) is -1.94. The highest BCUT2D eigenvalue weighted by atomic mass is 32.2. The molecular weight excluding hydrogens is 259 g/mol. The summed E-state index contributed by atoms with van der Waals surface area (Å²) in [6.45, 7) is 2.69. The van der Waals surface area contributed by atoms with Crippen molar-refractivity contribution in [2.24, 2.45) is 5.41 Å². The predicted molar refractivity (Wildman–Crippen MR) is 63.0 cm³/mol. The number of sulfone groups is 1. The number of fused-ring (bicyclic) bond motifs is 1. The second-order valence-corrected chi connectivity index (χ2v) is 6.39. The maximum atomic E-state index is 13.8. The van der Waals surface area contributed by atoms with E-state index in [1.807, 2.05) is 0 Å². The predicted octanol–water partition coefficient (Wildman–Crippen LogP) is 2.06. The van der Waals surface area contributed by atoms with Gasteiger partial charge in [0.1, 0.15) is 5.82 Å². The van der Waals surface area contributed by atoms with Gasteiger partial charge in [0.2, 0.25) is 9.84 Å². The van der Waals surface area contributed by atoms with Crippen LogP contribution in [-0.4, -0.2) is 19.5 Å². The first-order valence-electron chi connectivity index (χ1n) is 5.17. The molecule has 6 heteroatoms. The van der Waals surface area contributed by atoms with Gasteiger partial charge in [0.05, 0.1) is 10.3 Å². The van der Waals surface area contributed by atoms with Gasteiger partial charge < -0.3 is 5.11 Å². The Hall–Kier alpha value is -1.69. The fraction of sp³-hybridized carbons (Fsp3) is 0.250. The van der Waals surface area contributed by atoms with Crippen molar-refractivity contribution in [3.05, 3.63) is 35.0 Å². The lowest BCUT2D eigenvalue weighted by molar-refractivity contribution is -0.143.